The third-order valence-corrected chi connectivity index (χ3v) is 4.46. The first kappa shape index (κ1) is 12.0. The summed E-state index contributed by atoms with van der Waals surface area (Å²) in [5.74, 6) is 0.377. The van der Waals surface area contributed by atoms with Gasteiger partial charge in [-0.25, -0.2) is 0 Å². The molecule has 18 heavy (non-hydrogen) atoms. The van der Waals surface area contributed by atoms with Gasteiger partial charge in [-0.1, -0.05) is 17.7 Å². The van der Waals surface area contributed by atoms with Crippen molar-refractivity contribution in [3.63, 3.8) is 0 Å². The van der Waals surface area contributed by atoms with E-state index >= 15 is 0 Å². The molecule has 3 rings (SSSR count). The largest absolute Gasteiger partial charge is 0.386 e. The van der Waals surface area contributed by atoms with Crippen molar-refractivity contribution in [2.75, 3.05) is 13.1 Å². The Kier molecular flexibility index (Phi) is 2.65. The molecule has 1 saturated heterocycles. The molecule has 2 fully saturated rings. The van der Waals surface area contributed by atoms with Crippen molar-refractivity contribution in [3.8, 4) is 0 Å². The molecule has 1 aromatic carbocycles. The molecule has 1 saturated carbocycles. The number of hydrogen-bond donors (Lipinski definition) is 1. The normalized spacial score (nSPS) is 21.6. The zero-order chi connectivity index (χ0) is 12.9. The van der Waals surface area contributed by atoms with Crippen LogP contribution >= 0.6 is 11.6 Å². The third kappa shape index (κ3) is 1.82. The highest BCUT2D eigenvalue weighted by atomic mass is 35.5. The molecule has 96 valence electrons. The molecule has 1 amide bonds. The first-order valence-electron chi connectivity index (χ1n) is 6.28. The van der Waals surface area contributed by atoms with Gasteiger partial charge in [0.1, 0.15) is 5.60 Å². The molecule has 1 aliphatic heterocycles. The van der Waals surface area contributed by atoms with Gasteiger partial charge in [0, 0.05) is 10.6 Å². The Balaban J connectivity index is 1.74. The Bertz CT molecular complexity index is 505. The van der Waals surface area contributed by atoms with Crippen LogP contribution in [-0.2, 0) is 0 Å². The lowest BCUT2D eigenvalue weighted by atomic mass is 9.88. The van der Waals surface area contributed by atoms with Crippen molar-refractivity contribution in [3.05, 3.63) is 34.3 Å². The zero-order valence-electron chi connectivity index (χ0n) is 10.3. The van der Waals surface area contributed by atoms with E-state index in [-0.39, 0.29) is 5.91 Å². The Morgan fingerprint density at radius 2 is 2.11 bits per heavy atom. The van der Waals surface area contributed by atoms with Crippen molar-refractivity contribution in [1.82, 2.24) is 4.90 Å². The third-order valence-electron chi connectivity index (χ3n) is 4.05. The number of amides is 1. The van der Waals surface area contributed by atoms with Crippen LogP contribution in [0, 0.1) is 12.8 Å². The molecule has 2 aliphatic rings. The molecular formula is C14H16ClNO2. The number of β-amino-alcohol motifs (C(OH)–C–C–N with tert-alkyl or cyclic N) is 1. The van der Waals surface area contributed by atoms with Gasteiger partial charge >= 0.3 is 0 Å². The summed E-state index contributed by atoms with van der Waals surface area (Å²) in [6, 6.07) is 5.36. The lowest BCUT2D eigenvalue weighted by Gasteiger charge is -2.47. The summed E-state index contributed by atoms with van der Waals surface area (Å²) < 4.78 is 0. The minimum absolute atomic E-state index is 0.0275. The predicted molar refractivity (Wildman–Crippen MR) is 69.8 cm³/mol. The van der Waals surface area contributed by atoms with Crippen LogP contribution < -0.4 is 0 Å². The van der Waals surface area contributed by atoms with Gasteiger partial charge in [0.15, 0.2) is 0 Å². The van der Waals surface area contributed by atoms with Gasteiger partial charge in [-0.05, 0) is 43.4 Å². The standard InChI is InChI=1S/C14H16ClNO2/c1-9-11(3-2-4-12(9)15)13(17)16-7-14(18,8-16)10-5-6-10/h2-4,10,18H,5-8H2,1H3. The average Bonchev–Trinajstić information content (AvgIpc) is 3.12. The molecule has 4 heteroatoms. The van der Waals surface area contributed by atoms with E-state index in [2.05, 4.69) is 0 Å². The minimum Gasteiger partial charge on any atom is -0.386 e. The number of rotatable bonds is 2. The number of benzene rings is 1. The molecule has 1 aromatic rings. The van der Waals surface area contributed by atoms with Gasteiger partial charge in [-0.2, -0.15) is 0 Å². The molecule has 0 spiro atoms. The molecule has 1 N–H and O–H groups in total. The number of nitrogens with zero attached hydrogens (tertiary/aromatic N) is 1. The average molecular weight is 266 g/mol. The van der Waals surface area contributed by atoms with Gasteiger partial charge in [0.2, 0.25) is 0 Å². The van der Waals surface area contributed by atoms with Gasteiger partial charge in [0.25, 0.3) is 5.91 Å². The second-order valence-corrected chi connectivity index (χ2v) is 5.86. The summed E-state index contributed by atoms with van der Waals surface area (Å²) in [6.07, 6.45) is 2.18. The molecule has 0 aromatic heterocycles. The van der Waals surface area contributed by atoms with E-state index in [9.17, 15) is 9.90 Å². The highest BCUT2D eigenvalue weighted by molar-refractivity contribution is 6.31. The molecule has 0 bridgehead atoms. The van der Waals surface area contributed by atoms with Crippen molar-refractivity contribution < 1.29 is 9.90 Å². The summed E-state index contributed by atoms with van der Waals surface area (Å²) >= 11 is 6.02. The number of carbonyl (C=O) groups excluding carboxylic acids is 1. The topological polar surface area (TPSA) is 40.5 Å². The molecule has 0 atom stereocenters. The summed E-state index contributed by atoms with van der Waals surface area (Å²) in [5, 5.41) is 10.8. The van der Waals surface area contributed by atoms with Crippen LogP contribution in [-0.4, -0.2) is 34.6 Å². The number of hydrogen-bond acceptors (Lipinski definition) is 2. The first-order valence-corrected chi connectivity index (χ1v) is 6.66. The summed E-state index contributed by atoms with van der Waals surface area (Å²) in [6.45, 7) is 2.77. The van der Waals surface area contributed by atoms with E-state index in [1.165, 1.54) is 0 Å². The maximum absolute atomic E-state index is 12.3. The van der Waals surface area contributed by atoms with Crippen LogP contribution in [0.1, 0.15) is 28.8 Å². The van der Waals surface area contributed by atoms with Gasteiger partial charge in [0.05, 0.1) is 13.1 Å². The van der Waals surface area contributed by atoms with E-state index in [0.29, 0.717) is 29.6 Å². The monoisotopic (exact) mass is 265 g/mol. The van der Waals surface area contributed by atoms with Crippen LogP contribution in [0.5, 0.6) is 0 Å². The second kappa shape index (κ2) is 3.97. The lowest BCUT2D eigenvalue weighted by Crippen LogP contribution is -2.64. The van der Waals surface area contributed by atoms with Crippen molar-refractivity contribution in [1.29, 1.82) is 0 Å². The smallest absolute Gasteiger partial charge is 0.254 e. The Morgan fingerprint density at radius 3 is 2.72 bits per heavy atom. The maximum Gasteiger partial charge on any atom is 0.254 e. The summed E-state index contributed by atoms with van der Waals surface area (Å²) in [4.78, 5) is 14.0. The van der Waals surface area contributed by atoms with Crippen LogP contribution in [0.15, 0.2) is 18.2 Å². The van der Waals surface area contributed by atoms with Gasteiger partial charge < -0.3 is 10.0 Å². The fourth-order valence-electron chi connectivity index (χ4n) is 2.65. The number of carbonyl (C=O) groups is 1. The predicted octanol–water partition coefficient (Wildman–Crippen LogP) is 2.25. The number of aliphatic hydroxyl groups is 1. The van der Waals surface area contributed by atoms with Crippen LogP contribution in [0.4, 0.5) is 0 Å². The SMILES string of the molecule is Cc1c(Cl)cccc1C(=O)N1CC(O)(C2CC2)C1. The zero-order valence-corrected chi connectivity index (χ0v) is 11.1. The maximum atomic E-state index is 12.3. The van der Waals surface area contributed by atoms with Crippen LogP contribution in [0.3, 0.4) is 0 Å². The van der Waals surface area contributed by atoms with Crippen molar-refractivity contribution >= 4 is 17.5 Å². The van der Waals surface area contributed by atoms with E-state index in [1.807, 2.05) is 6.92 Å². The van der Waals surface area contributed by atoms with E-state index in [1.54, 1.807) is 23.1 Å². The molecule has 3 nitrogen and oxygen atoms in total. The molecular weight excluding hydrogens is 250 g/mol. The van der Waals surface area contributed by atoms with Crippen LogP contribution in [0.2, 0.25) is 5.02 Å². The Labute approximate surface area is 111 Å². The summed E-state index contributed by atoms with van der Waals surface area (Å²) in [7, 11) is 0. The fraction of sp³-hybridized carbons (Fsp3) is 0.500. The van der Waals surface area contributed by atoms with Gasteiger partial charge in [-0.3, -0.25) is 4.79 Å². The second-order valence-electron chi connectivity index (χ2n) is 5.45. The quantitative estimate of drug-likeness (QED) is 0.891. The number of halogens is 1. The summed E-state index contributed by atoms with van der Waals surface area (Å²) in [5.41, 5.74) is 0.827. The Hall–Kier alpha value is -1.06. The number of likely N-dealkylation sites (tertiary alicyclic amines) is 1. The van der Waals surface area contributed by atoms with Crippen molar-refractivity contribution in [2.45, 2.75) is 25.4 Å². The van der Waals surface area contributed by atoms with E-state index in [0.717, 1.165) is 18.4 Å². The highest BCUT2D eigenvalue weighted by Gasteiger charge is 2.53. The van der Waals surface area contributed by atoms with Crippen LogP contribution in [0.25, 0.3) is 0 Å². The lowest BCUT2D eigenvalue weighted by molar-refractivity contribution is -0.0958. The van der Waals surface area contributed by atoms with E-state index in [4.69, 9.17) is 11.6 Å². The van der Waals surface area contributed by atoms with Gasteiger partial charge in [-0.15, -0.1) is 0 Å². The van der Waals surface area contributed by atoms with E-state index < -0.39 is 5.60 Å². The Morgan fingerprint density at radius 1 is 1.44 bits per heavy atom. The highest BCUT2D eigenvalue weighted by Crippen LogP contribution is 2.44. The minimum atomic E-state index is -0.623. The van der Waals surface area contributed by atoms with Crippen molar-refractivity contribution in [2.24, 2.45) is 5.92 Å². The molecule has 0 radical (unpaired) electrons. The molecule has 1 heterocycles. The fourth-order valence-corrected chi connectivity index (χ4v) is 2.82. The first-order chi connectivity index (χ1) is 8.51. The molecule has 1 aliphatic carbocycles. The molecule has 0 unspecified atom stereocenters.